The Labute approximate surface area is 184 Å². The zero-order valence-electron chi connectivity index (χ0n) is 17.3. The summed E-state index contributed by atoms with van der Waals surface area (Å²) in [4.78, 5) is 28.7. The minimum Gasteiger partial charge on any atom is -0.493 e. The predicted molar refractivity (Wildman–Crippen MR) is 118 cm³/mol. The van der Waals surface area contributed by atoms with Gasteiger partial charge in [0.05, 0.1) is 13.7 Å². The van der Waals surface area contributed by atoms with Crippen LogP contribution < -0.4 is 14.8 Å². The van der Waals surface area contributed by atoms with Crippen LogP contribution in [0.4, 0.5) is 9.52 Å². The number of aromatic nitrogens is 1. The number of ether oxygens (including phenoxy) is 2. The molecule has 0 fully saturated rings. The number of nitrogens with one attached hydrogen (secondary N) is 1. The van der Waals surface area contributed by atoms with Gasteiger partial charge in [-0.05, 0) is 43.2 Å². The second-order valence-electron chi connectivity index (χ2n) is 6.82. The summed E-state index contributed by atoms with van der Waals surface area (Å²) in [5.41, 5.74) is 1.13. The first-order valence-corrected chi connectivity index (χ1v) is 10.6. The summed E-state index contributed by atoms with van der Waals surface area (Å²) in [6.07, 6.45) is 2.83. The molecule has 0 saturated carbocycles. The fraction of sp³-hybridized carbons (Fsp3) is 0.261. The Kier molecular flexibility index (Phi) is 7.72. The molecular formula is C23H23FN2O4S. The Balaban J connectivity index is 1.44. The molecule has 0 spiro atoms. The number of hydrogen-bond acceptors (Lipinski definition) is 6. The number of ketones is 1. The van der Waals surface area contributed by atoms with E-state index < -0.39 is 0 Å². The summed E-state index contributed by atoms with van der Waals surface area (Å²) in [5.74, 6) is 0.511. The zero-order chi connectivity index (χ0) is 22.2. The number of thiazole rings is 1. The molecule has 1 aromatic heterocycles. The lowest BCUT2D eigenvalue weighted by molar-refractivity contribution is -0.116. The molecule has 0 aliphatic carbocycles. The monoisotopic (exact) mass is 442 g/mol. The van der Waals surface area contributed by atoms with E-state index in [1.807, 2.05) is 0 Å². The smallest absolute Gasteiger partial charge is 0.226 e. The SMILES string of the molecule is COc1cc(C(C)=O)ccc1OCCCC(=O)Nc1ncc(Cc2ccccc2F)s1. The van der Waals surface area contributed by atoms with Crippen LogP contribution in [-0.2, 0) is 11.2 Å². The molecule has 3 aromatic rings. The summed E-state index contributed by atoms with van der Waals surface area (Å²) >= 11 is 1.32. The number of carbonyl (C=O) groups excluding carboxylic acids is 2. The van der Waals surface area contributed by atoms with Gasteiger partial charge in [-0.2, -0.15) is 0 Å². The summed E-state index contributed by atoms with van der Waals surface area (Å²) < 4.78 is 24.7. The van der Waals surface area contributed by atoms with Crippen molar-refractivity contribution >= 4 is 28.2 Å². The molecule has 1 N–H and O–H groups in total. The fourth-order valence-electron chi connectivity index (χ4n) is 2.88. The average Bonchev–Trinajstić information content (AvgIpc) is 3.19. The van der Waals surface area contributed by atoms with Crippen LogP contribution in [0.1, 0.15) is 40.6 Å². The van der Waals surface area contributed by atoms with E-state index in [2.05, 4.69) is 10.3 Å². The van der Waals surface area contributed by atoms with E-state index in [0.29, 0.717) is 47.2 Å². The van der Waals surface area contributed by atoms with Gasteiger partial charge in [0.1, 0.15) is 5.82 Å². The second kappa shape index (κ2) is 10.7. The van der Waals surface area contributed by atoms with Gasteiger partial charge in [-0.25, -0.2) is 9.37 Å². The van der Waals surface area contributed by atoms with E-state index in [1.165, 1.54) is 31.4 Å². The predicted octanol–water partition coefficient (Wildman–Crippen LogP) is 4.88. The van der Waals surface area contributed by atoms with Crippen molar-refractivity contribution in [2.75, 3.05) is 19.0 Å². The van der Waals surface area contributed by atoms with E-state index in [-0.39, 0.29) is 23.9 Å². The number of benzene rings is 2. The van der Waals surface area contributed by atoms with Crippen molar-refractivity contribution in [2.24, 2.45) is 0 Å². The lowest BCUT2D eigenvalue weighted by atomic mass is 10.1. The lowest BCUT2D eigenvalue weighted by Gasteiger charge is -2.11. The maximum atomic E-state index is 13.8. The van der Waals surface area contributed by atoms with E-state index in [0.717, 1.165) is 4.88 Å². The van der Waals surface area contributed by atoms with E-state index >= 15 is 0 Å². The van der Waals surface area contributed by atoms with Gasteiger partial charge in [0, 0.05) is 29.5 Å². The maximum absolute atomic E-state index is 13.8. The Morgan fingerprint density at radius 3 is 2.71 bits per heavy atom. The van der Waals surface area contributed by atoms with Gasteiger partial charge in [-0.15, -0.1) is 11.3 Å². The van der Waals surface area contributed by atoms with Gasteiger partial charge >= 0.3 is 0 Å². The molecule has 1 heterocycles. The molecule has 162 valence electrons. The summed E-state index contributed by atoms with van der Waals surface area (Å²) in [5, 5.41) is 3.25. The largest absolute Gasteiger partial charge is 0.493 e. The van der Waals surface area contributed by atoms with Crippen molar-refractivity contribution in [1.29, 1.82) is 0 Å². The first-order chi connectivity index (χ1) is 15.0. The van der Waals surface area contributed by atoms with Gasteiger partial charge in [0.2, 0.25) is 5.91 Å². The van der Waals surface area contributed by atoms with Crippen LogP contribution in [0.25, 0.3) is 0 Å². The van der Waals surface area contributed by atoms with Gasteiger partial charge in [-0.1, -0.05) is 18.2 Å². The normalized spacial score (nSPS) is 10.5. The minimum atomic E-state index is -0.256. The zero-order valence-corrected chi connectivity index (χ0v) is 18.1. The Morgan fingerprint density at radius 1 is 1.16 bits per heavy atom. The second-order valence-corrected chi connectivity index (χ2v) is 7.94. The van der Waals surface area contributed by atoms with Crippen molar-refractivity contribution in [3.05, 3.63) is 70.5 Å². The Bertz CT molecular complexity index is 1070. The molecule has 3 rings (SSSR count). The molecule has 6 nitrogen and oxygen atoms in total. The minimum absolute atomic E-state index is 0.0548. The van der Waals surface area contributed by atoms with Crippen LogP contribution in [0.2, 0.25) is 0 Å². The summed E-state index contributed by atoms with van der Waals surface area (Å²) in [6.45, 7) is 1.80. The third-order valence-electron chi connectivity index (χ3n) is 4.50. The number of halogens is 1. The van der Waals surface area contributed by atoms with Crippen LogP contribution in [0.5, 0.6) is 11.5 Å². The highest BCUT2D eigenvalue weighted by Crippen LogP contribution is 2.28. The first kappa shape index (κ1) is 22.4. The quantitative estimate of drug-likeness (QED) is 0.358. The third kappa shape index (κ3) is 6.36. The molecule has 0 aliphatic heterocycles. The van der Waals surface area contributed by atoms with Crippen molar-refractivity contribution in [2.45, 2.75) is 26.2 Å². The lowest BCUT2D eigenvalue weighted by Crippen LogP contribution is -2.12. The summed E-state index contributed by atoms with van der Waals surface area (Å²) in [6, 6.07) is 11.6. The van der Waals surface area contributed by atoms with Crippen molar-refractivity contribution in [3.8, 4) is 11.5 Å². The number of rotatable bonds is 10. The molecule has 2 aromatic carbocycles. The van der Waals surface area contributed by atoms with Crippen molar-refractivity contribution < 1.29 is 23.5 Å². The van der Waals surface area contributed by atoms with E-state index in [1.54, 1.807) is 42.6 Å². The number of amides is 1. The fourth-order valence-corrected chi connectivity index (χ4v) is 3.73. The molecule has 0 bridgehead atoms. The average molecular weight is 443 g/mol. The highest BCUT2D eigenvalue weighted by Gasteiger charge is 2.11. The topological polar surface area (TPSA) is 77.5 Å². The first-order valence-electron chi connectivity index (χ1n) is 9.76. The van der Waals surface area contributed by atoms with Gasteiger partial charge in [0.25, 0.3) is 0 Å². The third-order valence-corrected chi connectivity index (χ3v) is 5.41. The van der Waals surface area contributed by atoms with Crippen LogP contribution in [0.3, 0.4) is 0 Å². The molecule has 31 heavy (non-hydrogen) atoms. The Morgan fingerprint density at radius 2 is 1.97 bits per heavy atom. The molecule has 8 heteroatoms. The standard InChI is InChI=1S/C23H23FN2O4S/c1-15(27)16-9-10-20(21(13-16)29-2)30-11-5-8-22(28)26-23-25-14-18(31-23)12-17-6-3-4-7-19(17)24/h3-4,6-7,9-10,13-14H,5,8,11-12H2,1-2H3,(H,25,26,28). The molecule has 0 aliphatic rings. The summed E-state index contributed by atoms with van der Waals surface area (Å²) in [7, 11) is 1.51. The van der Waals surface area contributed by atoms with Crippen LogP contribution in [-0.4, -0.2) is 30.4 Å². The number of nitrogens with zero attached hydrogens (tertiary/aromatic N) is 1. The molecule has 0 radical (unpaired) electrons. The molecule has 1 amide bonds. The molecular weight excluding hydrogens is 419 g/mol. The number of methoxy groups -OCH3 is 1. The Hall–Kier alpha value is -3.26. The molecule has 0 atom stereocenters. The van der Waals surface area contributed by atoms with Crippen molar-refractivity contribution in [1.82, 2.24) is 4.98 Å². The highest BCUT2D eigenvalue weighted by molar-refractivity contribution is 7.15. The van der Waals surface area contributed by atoms with E-state index in [4.69, 9.17) is 9.47 Å². The van der Waals surface area contributed by atoms with Crippen LogP contribution >= 0.6 is 11.3 Å². The van der Waals surface area contributed by atoms with Crippen molar-refractivity contribution in [3.63, 3.8) is 0 Å². The number of Topliss-reactive ketones (excluding diaryl/α,β-unsaturated/α-hetero) is 1. The van der Waals surface area contributed by atoms with Gasteiger partial charge in [0.15, 0.2) is 22.4 Å². The van der Waals surface area contributed by atoms with E-state index in [9.17, 15) is 14.0 Å². The number of anilines is 1. The number of carbonyl (C=O) groups is 2. The van der Waals surface area contributed by atoms with Gasteiger partial charge in [-0.3, -0.25) is 9.59 Å². The number of hydrogen-bond donors (Lipinski definition) is 1. The molecule has 0 saturated heterocycles. The molecule has 0 unspecified atom stereocenters. The maximum Gasteiger partial charge on any atom is 0.226 e. The van der Waals surface area contributed by atoms with Crippen LogP contribution in [0, 0.1) is 5.82 Å². The van der Waals surface area contributed by atoms with Gasteiger partial charge < -0.3 is 14.8 Å². The highest BCUT2D eigenvalue weighted by atomic mass is 32.1. The van der Waals surface area contributed by atoms with Crippen LogP contribution in [0.15, 0.2) is 48.7 Å².